The Hall–Kier alpha value is -11.8. The van der Waals surface area contributed by atoms with Gasteiger partial charge < -0.3 is 19.6 Å². The minimum atomic E-state index is -3.72. The maximum atomic E-state index is 2.63. The average molecular weight is 1210 g/mol. The van der Waals surface area contributed by atoms with Crippen molar-refractivity contribution >= 4 is 134 Å². The molecule has 0 aliphatic heterocycles. The van der Waals surface area contributed by atoms with Crippen LogP contribution in [0.4, 0.5) is 62.6 Å². The van der Waals surface area contributed by atoms with E-state index in [1.165, 1.54) is 47.7 Å². The normalized spacial score (nSPS) is 12.9. The number of rotatable bonds is 16. The second-order valence-corrected chi connectivity index (χ2v) is 27.8. The second kappa shape index (κ2) is 24.9. The van der Waals surface area contributed by atoms with Gasteiger partial charge in [-0.25, -0.2) is 0 Å². The SMILES string of the molecule is C1=CCC(N(c2cc(N(c3ccccc3)c3cccc4ccccc34)cc([Si](c3ccccc3)(c3ccccc3)c3cc(N(c4ccccc4)c4cccc5ccccc45)cc(N(c4ccccc4)c4cccc5ccccc45)c3)c2)c2cccc3ccccc23)C=C1. The summed E-state index contributed by atoms with van der Waals surface area (Å²) in [5.74, 6) is 0. The van der Waals surface area contributed by atoms with Crippen LogP contribution >= 0.6 is 0 Å². The molecule has 0 radical (unpaired) electrons. The lowest BCUT2D eigenvalue weighted by Crippen LogP contribution is -2.74. The maximum absolute atomic E-state index is 3.72. The molecule has 0 amide bonds. The number of benzene rings is 15. The van der Waals surface area contributed by atoms with E-state index in [-0.39, 0.29) is 6.04 Å². The molecule has 1 atom stereocenters. The topological polar surface area (TPSA) is 13.0 Å². The first-order chi connectivity index (χ1) is 46.2. The Balaban J connectivity index is 1.09. The molecule has 0 saturated carbocycles. The van der Waals surface area contributed by atoms with Crippen LogP contribution in [0.1, 0.15) is 6.42 Å². The largest absolute Gasteiger partial charge is 0.334 e. The third kappa shape index (κ3) is 10.5. The highest BCUT2D eigenvalue weighted by molar-refractivity contribution is 7.20. The lowest BCUT2D eigenvalue weighted by Gasteiger charge is -2.40. The number of anilines is 11. The van der Waals surface area contributed by atoms with Crippen molar-refractivity contribution in [1.29, 1.82) is 0 Å². The molecule has 0 fully saturated rings. The highest BCUT2D eigenvalue weighted by atomic mass is 28.3. The Morgan fingerprint density at radius 1 is 0.237 bits per heavy atom. The van der Waals surface area contributed by atoms with E-state index in [4.69, 9.17) is 0 Å². The van der Waals surface area contributed by atoms with Crippen molar-refractivity contribution in [2.24, 2.45) is 0 Å². The van der Waals surface area contributed by atoms with Gasteiger partial charge in [0, 0.05) is 67.0 Å². The van der Waals surface area contributed by atoms with Gasteiger partial charge in [0.05, 0.1) is 23.1 Å². The Labute approximate surface area is 545 Å². The minimum absolute atomic E-state index is 0.0219. The quantitative estimate of drug-likeness (QED) is 0.0706. The third-order valence-corrected chi connectivity index (χ3v) is 23.2. The summed E-state index contributed by atoms with van der Waals surface area (Å²) in [4.78, 5) is 10.1. The Morgan fingerprint density at radius 3 is 0.903 bits per heavy atom. The smallest absolute Gasteiger partial charge is 0.179 e. The summed E-state index contributed by atoms with van der Waals surface area (Å²) in [7, 11) is -3.72. The third-order valence-electron chi connectivity index (χ3n) is 18.5. The van der Waals surface area contributed by atoms with Crippen molar-refractivity contribution < 1.29 is 0 Å². The number of fused-ring (bicyclic) bond motifs is 4. The van der Waals surface area contributed by atoms with E-state index in [1.54, 1.807) is 0 Å². The fourth-order valence-corrected chi connectivity index (χ4v) is 19.3. The van der Waals surface area contributed by atoms with E-state index in [1.807, 2.05) is 0 Å². The first-order valence-corrected chi connectivity index (χ1v) is 34.2. The predicted octanol–water partition coefficient (Wildman–Crippen LogP) is 21.1. The predicted molar refractivity (Wildman–Crippen MR) is 399 cm³/mol. The Kier molecular flexibility index (Phi) is 15.1. The van der Waals surface area contributed by atoms with Crippen molar-refractivity contribution in [3.8, 4) is 0 Å². The fraction of sp³-hybridized carbons (Fsp3) is 0.0227. The number of allylic oxidation sites excluding steroid dienone is 2. The molecule has 442 valence electrons. The first kappa shape index (κ1) is 56.5. The van der Waals surface area contributed by atoms with Gasteiger partial charge in [0.25, 0.3) is 0 Å². The molecule has 0 spiro atoms. The molecule has 1 aliphatic rings. The molecule has 16 rings (SSSR count). The van der Waals surface area contributed by atoms with Crippen LogP contribution in [0.2, 0.25) is 0 Å². The molecular weight excluding hydrogens is 1140 g/mol. The summed E-state index contributed by atoms with van der Waals surface area (Å²) in [6, 6.07) is 133. The van der Waals surface area contributed by atoms with Gasteiger partial charge in [-0.05, 0) is 146 Å². The van der Waals surface area contributed by atoms with Gasteiger partial charge in [-0.15, -0.1) is 0 Å². The molecule has 0 N–H and O–H groups in total. The van der Waals surface area contributed by atoms with Crippen LogP contribution in [0.5, 0.6) is 0 Å². The Morgan fingerprint density at radius 2 is 0.538 bits per heavy atom. The monoisotopic (exact) mass is 1210 g/mol. The van der Waals surface area contributed by atoms with E-state index >= 15 is 0 Å². The number of nitrogens with zero attached hydrogens (tertiary/aromatic N) is 4. The zero-order valence-corrected chi connectivity index (χ0v) is 52.4. The van der Waals surface area contributed by atoms with Crippen LogP contribution in [0.3, 0.4) is 0 Å². The van der Waals surface area contributed by atoms with Gasteiger partial charge in [0.2, 0.25) is 0 Å². The van der Waals surface area contributed by atoms with Crippen LogP contribution in [0, 0.1) is 0 Å². The van der Waals surface area contributed by atoms with E-state index < -0.39 is 8.07 Å². The highest BCUT2D eigenvalue weighted by Crippen LogP contribution is 2.47. The van der Waals surface area contributed by atoms with E-state index in [0.29, 0.717) is 0 Å². The van der Waals surface area contributed by atoms with Gasteiger partial charge in [-0.3, -0.25) is 0 Å². The van der Waals surface area contributed by atoms with E-state index in [2.05, 4.69) is 402 Å². The molecule has 0 saturated heterocycles. The lowest BCUT2D eigenvalue weighted by atomic mass is 10.0. The van der Waals surface area contributed by atoms with Gasteiger partial charge in [0.15, 0.2) is 8.07 Å². The summed E-state index contributed by atoms with van der Waals surface area (Å²) < 4.78 is 0. The number of hydrogen-bond donors (Lipinski definition) is 0. The molecule has 1 unspecified atom stereocenters. The molecule has 0 aromatic heterocycles. The van der Waals surface area contributed by atoms with Gasteiger partial charge in [-0.2, -0.15) is 0 Å². The molecule has 93 heavy (non-hydrogen) atoms. The molecule has 0 heterocycles. The van der Waals surface area contributed by atoms with Crippen LogP contribution in [-0.4, -0.2) is 14.1 Å². The van der Waals surface area contributed by atoms with Gasteiger partial charge >= 0.3 is 0 Å². The molecular formula is C88H66N4Si. The van der Waals surface area contributed by atoms with Gasteiger partial charge in [-0.1, -0.05) is 285 Å². The van der Waals surface area contributed by atoms with Crippen molar-refractivity contribution in [2.45, 2.75) is 12.5 Å². The summed E-state index contributed by atoms with van der Waals surface area (Å²) in [6.45, 7) is 0. The van der Waals surface area contributed by atoms with Gasteiger partial charge in [0.1, 0.15) is 0 Å². The zero-order chi connectivity index (χ0) is 61.9. The standard InChI is InChI=1S/C88H66N4Si/c1-7-39-69(40-8-1)89(85-55-27-35-65-31-19-23-51-81(65)85)73-59-74(90(70-41-9-2-10-42-70)86-56-28-36-66-32-20-24-52-82(66)86)62-79(61-73)93(77-47-15-5-16-48-77,78-49-17-6-18-50-78)80-63-75(91(71-43-11-3-12-44-71)87-57-29-37-67-33-21-25-53-83(67)87)60-76(64-80)92(72-45-13-4-14-46-72)88-58-30-38-68-34-22-26-54-84(68)88/h1-45,47-64,72H,46H2. The summed E-state index contributed by atoms with van der Waals surface area (Å²) in [5, 5.41) is 14.3. The second-order valence-electron chi connectivity index (χ2n) is 24.0. The Bertz CT molecular complexity index is 5030. The molecule has 15 aromatic rings. The van der Waals surface area contributed by atoms with Crippen LogP contribution in [0.25, 0.3) is 43.1 Å². The first-order valence-electron chi connectivity index (χ1n) is 32.2. The fourth-order valence-electron chi connectivity index (χ4n) is 14.4. The van der Waals surface area contributed by atoms with Crippen LogP contribution in [-0.2, 0) is 0 Å². The van der Waals surface area contributed by atoms with Crippen molar-refractivity contribution in [3.05, 3.63) is 382 Å². The molecule has 4 nitrogen and oxygen atoms in total. The summed E-state index contributed by atoms with van der Waals surface area (Å²) in [6.07, 6.45) is 9.95. The van der Waals surface area contributed by atoms with Crippen molar-refractivity contribution in [1.82, 2.24) is 0 Å². The number of hydrogen-bond acceptors (Lipinski definition) is 4. The summed E-state index contributed by atoms with van der Waals surface area (Å²) in [5.41, 5.74) is 11.8. The molecule has 5 heteroatoms. The highest BCUT2D eigenvalue weighted by Gasteiger charge is 2.44. The minimum Gasteiger partial charge on any atom is -0.334 e. The van der Waals surface area contributed by atoms with Crippen LogP contribution < -0.4 is 40.3 Å². The number of para-hydroxylation sites is 3. The average Bonchev–Trinajstić information content (AvgIpc) is 0.721. The maximum Gasteiger partial charge on any atom is 0.179 e. The molecule has 1 aliphatic carbocycles. The van der Waals surface area contributed by atoms with Crippen molar-refractivity contribution in [3.63, 3.8) is 0 Å². The van der Waals surface area contributed by atoms with E-state index in [9.17, 15) is 0 Å². The lowest BCUT2D eigenvalue weighted by molar-refractivity contribution is 0.787. The van der Waals surface area contributed by atoms with Crippen molar-refractivity contribution in [2.75, 3.05) is 19.6 Å². The van der Waals surface area contributed by atoms with E-state index in [0.717, 1.165) is 85.1 Å². The molecule has 15 aromatic carbocycles. The zero-order valence-electron chi connectivity index (χ0n) is 51.4. The molecule has 0 bridgehead atoms. The van der Waals surface area contributed by atoms with Crippen LogP contribution in [0.15, 0.2) is 382 Å². The summed E-state index contributed by atoms with van der Waals surface area (Å²) >= 11 is 0.